The largest absolute Gasteiger partial charge is 0.303 e. The van der Waals surface area contributed by atoms with E-state index in [0.717, 1.165) is 24.2 Å². The fourth-order valence-electron chi connectivity index (χ4n) is 3.23. The SMILES string of the molecule is O=CCC1(c2ccc(Cl)cc2)CCc2ccccc21. The second kappa shape index (κ2) is 4.82. The minimum Gasteiger partial charge on any atom is -0.303 e. The number of carbonyl (C=O) groups is 1. The Kier molecular flexibility index (Phi) is 3.16. The predicted molar refractivity (Wildman–Crippen MR) is 77.7 cm³/mol. The van der Waals surface area contributed by atoms with E-state index in [1.807, 2.05) is 24.3 Å². The lowest BCUT2D eigenvalue weighted by Gasteiger charge is -2.29. The lowest BCUT2D eigenvalue weighted by Crippen LogP contribution is -2.25. The van der Waals surface area contributed by atoms with Crippen molar-refractivity contribution >= 4 is 17.9 Å². The first-order valence-corrected chi connectivity index (χ1v) is 6.92. The molecule has 1 aliphatic carbocycles. The molecular formula is C17H15ClO. The number of rotatable bonds is 3. The van der Waals surface area contributed by atoms with Crippen molar-refractivity contribution in [3.8, 4) is 0 Å². The Morgan fingerprint density at radius 2 is 1.84 bits per heavy atom. The highest BCUT2D eigenvalue weighted by Gasteiger charge is 2.39. The highest BCUT2D eigenvalue weighted by molar-refractivity contribution is 6.30. The summed E-state index contributed by atoms with van der Waals surface area (Å²) in [7, 11) is 0. The predicted octanol–water partition coefficient (Wildman–Crippen LogP) is 4.16. The molecular weight excluding hydrogens is 256 g/mol. The maximum absolute atomic E-state index is 11.2. The summed E-state index contributed by atoms with van der Waals surface area (Å²) in [6, 6.07) is 16.4. The van der Waals surface area contributed by atoms with Crippen molar-refractivity contribution in [2.75, 3.05) is 0 Å². The van der Waals surface area contributed by atoms with Crippen LogP contribution in [0.4, 0.5) is 0 Å². The molecule has 0 aromatic heterocycles. The van der Waals surface area contributed by atoms with Gasteiger partial charge in [-0.25, -0.2) is 0 Å². The summed E-state index contributed by atoms with van der Waals surface area (Å²) in [5.41, 5.74) is 3.68. The van der Waals surface area contributed by atoms with Gasteiger partial charge in [-0.05, 0) is 41.7 Å². The summed E-state index contributed by atoms with van der Waals surface area (Å²) in [4.78, 5) is 11.2. The van der Waals surface area contributed by atoms with Crippen LogP contribution in [0.15, 0.2) is 48.5 Å². The molecule has 19 heavy (non-hydrogen) atoms. The molecule has 1 unspecified atom stereocenters. The molecule has 0 N–H and O–H groups in total. The molecule has 1 atom stereocenters. The number of fused-ring (bicyclic) bond motifs is 1. The van der Waals surface area contributed by atoms with Gasteiger partial charge in [0.2, 0.25) is 0 Å². The minimum atomic E-state index is -0.164. The topological polar surface area (TPSA) is 17.1 Å². The first kappa shape index (κ1) is 12.4. The Labute approximate surface area is 118 Å². The summed E-state index contributed by atoms with van der Waals surface area (Å²) in [6.07, 6.45) is 3.60. The Bertz CT molecular complexity index is 603. The van der Waals surface area contributed by atoms with Crippen molar-refractivity contribution in [1.29, 1.82) is 0 Å². The molecule has 0 saturated carbocycles. The zero-order valence-electron chi connectivity index (χ0n) is 10.6. The van der Waals surface area contributed by atoms with Gasteiger partial charge in [-0.15, -0.1) is 0 Å². The van der Waals surface area contributed by atoms with Gasteiger partial charge in [0.15, 0.2) is 0 Å². The Morgan fingerprint density at radius 3 is 2.58 bits per heavy atom. The zero-order valence-corrected chi connectivity index (χ0v) is 11.4. The lowest BCUT2D eigenvalue weighted by atomic mass is 9.73. The number of benzene rings is 2. The molecule has 2 aromatic carbocycles. The fraction of sp³-hybridized carbons (Fsp3) is 0.235. The van der Waals surface area contributed by atoms with E-state index in [1.54, 1.807) is 0 Å². The summed E-state index contributed by atoms with van der Waals surface area (Å²) in [5, 5.41) is 0.733. The van der Waals surface area contributed by atoms with Crippen molar-refractivity contribution in [2.45, 2.75) is 24.7 Å². The van der Waals surface area contributed by atoms with Crippen LogP contribution in [-0.2, 0) is 16.6 Å². The quantitative estimate of drug-likeness (QED) is 0.766. The van der Waals surface area contributed by atoms with Crippen LogP contribution in [0, 0.1) is 0 Å². The van der Waals surface area contributed by atoms with Crippen molar-refractivity contribution < 1.29 is 4.79 Å². The Hall–Kier alpha value is -1.60. The molecule has 0 saturated heterocycles. The highest BCUT2D eigenvalue weighted by Crippen LogP contribution is 2.46. The van der Waals surface area contributed by atoms with Crippen molar-refractivity contribution in [3.05, 3.63) is 70.2 Å². The number of hydrogen-bond donors (Lipinski definition) is 0. The van der Waals surface area contributed by atoms with E-state index in [-0.39, 0.29) is 5.41 Å². The molecule has 2 heteroatoms. The maximum Gasteiger partial charge on any atom is 0.121 e. The number of aryl methyl sites for hydroxylation is 1. The van der Waals surface area contributed by atoms with Crippen LogP contribution >= 0.6 is 11.6 Å². The second-order valence-corrected chi connectivity index (χ2v) is 5.55. The van der Waals surface area contributed by atoms with E-state index >= 15 is 0 Å². The van der Waals surface area contributed by atoms with Gasteiger partial charge in [-0.3, -0.25) is 0 Å². The van der Waals surface area contributed by atoms with Crippen LogP contribution in [0.3, 0.4) is 0 Å². The van der Waals surface area contributed by atoms with Crippen molar-refractivity contribution in [2.24, 2.45) is 0 Å². The van der Waals surface area contributed by atoms with Gasteiger partial charge in [0, 0.05) is 16.9 Å². The number of carbonyl (C=O) groups excluding carboxylic acids is 1. The lowest BCUT2D eigenvalue weighted by molar-refractivity contribution is -0.108. The standard InChI is InChI=1S/C17H15ClO/c18-15-7-5-14(6-8-15)17(11-12-19)10-9-13-3-1-2-4-16(13)17/h1-8,12H,9-11H2. The average Bonchev–Trinajstić information content (AvgIpc) is 2.81. The van der Waals surface area contributed by atoms with Gasteiger partial charge in [-0.1, -0.05) is 48.0 Å². The third-order valence-electron chi connectivity index (χ3n) is 4.18. The zero-order chi connectivity index (χ0) is 13.3. The Morgan fingerprint density at radius 1 is 1.11 bits per heavy atom. The minimum absolute atomic E-state index is 0.164. The summed E-state index contributed by atoms with van der Waals surface area (Å²) in [5.74, 6) is 0. The maximum atomic E-state index is 11.2. The molecule has 0 amide bonds. The van der Waals surface area contributed by atoms with E-state index in [0.29, 0.717) is 6.42 Å². The molecule has 0 radical (unpaired) electrons. The number of halogens is 1. The van der Waals surface area contributed by atoms with Gasteiger partial charge in [0.25, 0.3) is 0 Å². The van der Waals surface area contributed by atoms with Gasteiger partial charge in [0.1, 0.15) is 6.29 Å². The fourth-order valence-corrected chi connectivity index (χ4v) is 3.35. The number of aldehydes is 1. The molecule has 96 valence electrons. The van der Waals surface area contributed by atoms with Gasteiger partial charge < -0.3 is 4.79 Å². The molecule has 0 bridgehead atoms. The molecule has 2 aromatic rings. The molecule has 3 rings (SSSR count). The summed E-state index contributed by atoms with van der Waals surface area (Å²) >= 11 is 5.97. The van der Waals surface area contributed by atoms with Gasteiger partial charge >= 0.3 is 0 Å². The highest BCUT2D eigenvalue weighted by atomic mass is 35.5. The van der Waals surface area contributed by atoms with Crippen LogP contribution in [0.2, 0.25) is 5.02 Å². The van der Waals surface area contributed by atoms with Crippen LogP contribution < -0.4 is 0 Å². The molecule has 1 nitrogen and oxygen atoms in total. The van der Waals surface area contributed by atoms with E-state index in [2.05, 4.69) is 24.3 Å². The van der Waals surface area contributed by atoms with E-state index in [4.69, 9.17) is 11.6 Å². The number of hydrogen-bond acceptors (Lipinski definition) is 1. The van der Waals surface area contributed by atoms with Crippen LogP contribution in [-0.4, -0.2) is 6.29 Å². The van der Waals surface area contributed by atoms with E-state index in [9.17, 15) is 4.79 Å². The van der Waals surface area contributed by atoms with Gasteiger partial charge in [0.05, 0.1) is 0 Å². The molecule has 0 aliphatic heterocycles. The third-order valence-corrected chi connectivity index (χ3v) is 4.43. The first-order chi connectivity index (χ1) is 9.26. The first-order valence-electron chi connectivity index (χ1n) is 6.54. The molecule has 1 aliphatic rings. The Balaban J connectivity index is 2.16. The third kappa shape index (κ3) is 1.98. The van der Waals surface area contributed by atoms with Crippen molar-refractivity contribution in [3.63, 3.8) is 0 Å². The molecule has 0 spiro atoms. The van der Waals surface area contributed by atoms with Gasteiger partial charge in [-0.2, -0.15) is 0 Å². The molecule has 0 heterocycles. The van der Waals surface area contributed by atoms with Crippen LogP contribution in [0.5, 0.6) is 0 Å². The second-order valence-electron chi connectivity index (χ2n) is 5.12. The van der Waals surface area contributed by atoms with Crippen LogP contribution in [0.1, 0.15) is 29.5 Å². The summed E-state index contributed by atoms with van der Waals surface area (Å²) < 4.78 is 0. The van der Waals surface area contributed by atoms with E-state index in [1.165, 1.54) is 16.7 Å². The molecule has 0 fully saturated rings. The normalized spacial score (nSPS) is 21.1. The summed E-state index contributed by atoms with van der Waals surface area (Å²) in [6.45, 7) is 0. The monoisotopic (exact) mass is 270 g/mol. The van der Waals surface area contributed by atoms with Crippen LogP contribution in [0.25, 0.3) is 0 Å². The average molecular weight is 271 g/mol. The van der Waals surface area contributed by atoms with Crippen molar-refractivity contribution in [1.82, 2.24) is 0 Å². The van der Waals surface area contributed by atoms with E-state index < -0.39 is 0 Å². The smallest absolute Gasteiger partial charge is 0.121 e.